The van der Waals surface area contributed by atoms with Gasteiger partial charge in [0.2, 0.25) is 0 Å². The highest BCUT2D eigenvalue weighted by atomic mass is 79.9. The summed E-state index contributed by atoms with van der Waals surface area (Å²) >= 11 is 3.07. The molecule has 4 heteroatoms. The van der Waals surface area contributed by atoms with Gasteiger partial charge in [-0.3, -0.25) is 0 Å². The molecular formula is C8H7BrFNO. The van der Waals surface area contributed by atoms with E-state index in [1.807, 2.05) is 0 Å². The van der Waals surface area contributed by atoms with Crippen LogP contribution in [-0.2, 0) is 0 Å². The van der Waals surface area contributed by atoms with Crippen molar-refractivity contribution >= 4 is 15.9 Å². The van der Waals surface area contributed by atoms with Crippen LogP contribution in [0.3, 0.4) is 0 Å². The summed E-state index contributed by atoms with van der Waals surface area (Å²) < 4.78 is 18.8. The number of aromatic nitrogens is 1. The summed E-state index contributed by atoms with van der Waals surface area (Å²) in [6, 6.07) is 1.30. The molecule has 0 amide bonds. The van der Waals surface area contributed by atoms with Crippen LogP contribution in [0.25, 0.3) is 0 Å². The van der Waals surface area contributed by atoms with Crippen LogP contribution in [0.4, 0.5) is 4.39 Å². The molecule has 1 fully saturated rings. The van der Waals surface area contributed by atoms with E-state index in [9.17, 15) is 4.39 Å². The van der Waals surface area contributed by atoms with Gasteiger partial charge in [-0.15, -0.1) is 0 Å². The molecule has 0 N–H and O–H groups in total. The molecule has 0 unspecified atom stereocenters. The molecule has 0 bridgehead atoms. The van der Waals surface area contributed by atoms with Gasteiger partial charge < -0.3 is 4.74 Å². The van der Waals surface area contributed by atoms with Gasteiger partial charge in [-0.05, 0) is 28.8 Å². The summed E-state index contributed by atoms with van der Waals surface area (Å²) in [4.78, 5) is 3.87. The predicted molar refractivity (Wildman–Crippen MR) is 45.5 cm³/mol. The smallest absolute Gasteiger partial charge is 0.173 e. The zero-order valence-corrected chi connectivity index (χ0v) is 7.84. The quantitative estimate of drug-likeness (QED) is 0.731. The maximum atomic E-state index is 13.0. The molecule has 2 nitrogen and oxygen atoms in total. The lowest BCUT2D eigenvalue weighted by Gasteiger charge is -2.03. The monoisotopic (exact) mass is 231 g/mol. The van der Waals surface area contributed by atoms with Crippen molar-refractivity contribution in [3.8, 4) is 5.75 Å². The van der Waals surface area contributed by atoms with Crippen LogP contribution in [0.5, 0.6) is 5.75 Å². The topological polar surface area (TPSA) is 22.1 Å². The predicted octanol–water partition coefficient (Wildman–Crippen LogP) is 2.52. The average Bonchev–Trinajstić information content (AvgIpc) is 2.79. The van der Waals surface area contributed by atoms with Gasteiger partial charge in [-0.25, -0.2) is 9.37 Å². The first-order valence-electron chi connectivity index (χ1n) is 3.73. The molecule has 1 aromatic heterocycles. The summed E-state index contributed by atoms with van der Waals surface area (Å²) in [6.45, 7) is 0. The lowest BCUT2D eigenvalue weighted by atomic mass is 10.4. The van der Waals surface area contributed by atoms with E-state index in [1.165, 1.54) is 12.3 Å². The van der Waals surface area contributed by atoms with E-state index in [0.717, 1.165) is 12.8 Å². The molecule has 1 aromatic rings. The van der Waals surface area contributed by atoms with Crippen LogP contribution in [0.1, 0.15) is 12.8 Å². The SMILES string of the molecule is Fc1cc(Br)ncc1OC1CC1. The van der Waals surface area contributed by atoms with Crippen molar-refractivity contribution in [3.05, 3.63) is 22.7 Å². The van der Waals surface area contributed by atoms with E-state index in [4.69, 9.17) is 4.74 Å². The number of hydrogen-bond donors (Lipinski definition) is 0. The second-order valence-electron chi connectivity index (χ2n) is 2.75. The van der Waals surface area contributed by atoms with Crippen LogP contribution in [0.15, 0.2) is 16.9 Å². The lowest BCUT2D eigenvalue weighted by Crippen LogP contribution is -1.98. The van der Waals surface area contributed by atoms with Gasteiger partial charge in [0.1, 0.15) is 4.60 Å². The number of nitrogens with zero attached hydrogens (tertiary/aromatic N) is 1. The number of rotatable bonds is 2. The highest BCUT2D eigenvalue weighted by molar-refractivity contribution is 9.10. The Labute approximate surface area is 77.9 Å². The van der Waals surface area contributed by atoms with Crippen molar-refractivity contribution < 1.29 is 9.13 Å². The minimum atomic E-state index is -0.358. The Hall–Kier alpha value is -0.640. The molecule has 1 heterocycles. The molecule has 1 saturated carbocycles. The molecule has 1 aliphatic carbocycles. The Morgan fingerprint density at radius 3 is 2.92 bits per heavy atom. The maximum Gasteiger partial charge on any atom is 0.173 e. The standard InChI is InChI=1S/C8H7BrFNO/c9-8-3-6(10)7(4-11-8)12-5-1-2-5/h3-5H,1-2H2. The van der Waals surface area contributed by atoms with Crippen molar-refractivity contribution in [1.29, 1.82) is 0 Å². The lowest BCUT2D eigenvalue weighted by molar-refractivity contribution is 0.286. The Morgan fingerprint density at radius 2 is 2.33 bits per heavy atom. The van der Waals surface area contributed by atoms with Crippen LogP contribution in [0, 0.1) is 5.82 Å². The minimum Gasteiger partial charge on any atom is -0.486 e. The Balaban J connectivity index is 2.18. The number of ether oxygens (including phenoxy) is 1. The largest absolute Gasteiger partial charge is 0.486 e. The molecule has 0 atom stereocenters. The summed E-state index contributed by atoms with van der Waals surface area (Å²) in [5.74, 6) is -0.107. The number of halogens is 2. The molecular weight excluding hydrogens is 225 g/mol. The molecule has 2 rings (SSSR count). The molecule has 12 heavy (non-hydrogen) atoms. The fraction of sp³-hybridized carbons (Fsp3) is 0.375. The van der Waals surface area contributed by atoms with Crippen molar-refractivity contribution in [2.75, 3.05) is 0 Å². The Kier molecular flexibility index (Phi) is 2.00. The molecule has 0 aliphatic heterocycles. The van der Waals surface area contributed by atoms with Gasteiger partial charge >= 0.3 is 0 Å². The van der Waals surface area contributed by atoms with E-state index in [0.29, 0.717) is 4.60 Å². The summed E-state index contributed by atoms with van der Waals surface area (Å²) in [6.07, 6.45) is 3.66. The van der Waals surface area contributed by atoms with E-state index >= 15 is 0 Å². The van der Waals surface area contributed by atoms with Crippen LogP contribution in [0.2, 0.25) is 0 Å². The van der Waals surface area contributed by atoms with Gasteiger partial charge in [0, 0.05) is 6.07 Å². The molecule has 0 saturated heterocycles. The zero-order chi connectivity index (χ0) is 8.55. The third-order valence-corrected chi connectivity index (χ3v) is 2.04. The van der Waals surface area contributed by atoms with Crippen molar-refractivity contribution in [2.24, 2.45) is 0 Å². The van der Waals surface area contributed by atoms with E-state index < -0.39 is 0 Å². The summed E-state index contributed by atoms with van der Waals surface area (Å²) in [7, 11) is 0. The van der Waals surface area contributed by atoms with Crippen LogP contribution < -0.4 is 4.74 Å². The third kappa shape index (κ3) is 1.75. The van der Waals surface area contributed by atoms with E-state index in [1.54, 1.807) is 0 Å². The normalized spacial score (nSPS) is 16.2. The fourth-order valence-corrected chi connectivity index (χ4v) is 1.15. The summed E-state index contributed by atoms with van der Waals surface area (Å²) in [5.41, 5.74) is 0. The van der Waals surface area contributed by atoms with E-state index in [-0.39, 0.29) is 17.7 Å². The van der Waals surface area contributed by atoms with Crippen molar-refractivity contribution in [3.63, 3.8) is 0 Å². The Morgan fingerprint density at radius 1 is 1.58 bits per heavy atom. The number of hydrogen-bond acceptors (Lipinski definition) is 2. The minimum absolute atomic E-state index is 0.211. The first-order chi connectivity index (χ1) is 5.75. The summed E-state index contributed by atoms with van der Waals surface area (Å²) in [5, 5.41) is 0. The fourth-order valence-electron chi connectivity index (χ4n) is 0.847. The highest BCUT2D eigenvalue weighted by Gasteiger charge is 2.24. The zero-order valence-electron chi connectivity index (χ0n) is 6.26. The van der Waals surface area contributed by atoms with Gasteiger partial charge in [-0.1, -0.05) is 0 Å². The second-order valence-corrected chi connectivity index (χ2v) is 3.57. The molecule has 0 aromatic carbocycles. The first kappa shape index (κ1) is 7.98. The van der Waals surface area contributed by atoms with Crippen molar-refractivity contribution in [2.45, 2.75) is 18.9 Å². The van der Waals surface area contributed by atoms with Gasteiger partial charge in [0.15, 0.2) is 11.6 Å². The maximum absolute atomic E-state index is 13.0. The number of pyridine rings is 1. The van der Waals surface area contributed by atoms with Gasteiger partial charge in [0.05, 0.1) is 12.3 Å². The molecule has 1 aliphatic rings. The highest BCUT2D eigenvalue weighted by Crippen LogP contribution is 2.28. The average molecular weight is 232 g/mol. The third-order valence-electron chi connectivity index (χ3n) is 1.60. The molecule has 0 spiro atoms. The second kappa shape index (κ2) is 3.01. The van der Waals surface area contributed by atoms with Gasteiger partial charge in [0.25, 0.3) is 0 Å². The molecule has 0 radical (unpaired) electrons. The first-order valence-corrected chi connectivity index (χ1v) is 4.53. The van der Waals surface area contributed by atoms with Gasteiger partial charge in [-0.2, -0.15) is 0 Å². The van der Waals surface area contributed by atoms with Crippen LogP contribution in [-0.4, -0.2) is 11.1 Å². The molecule has 64 valence electrons. The van der Waals surface area contributed by atoms with Crippen molar-refractivity contribution in [1.82, 2.24) is 4.98 Å². The van der Waals surface area contributed by atoms with Crippen LogP contribution >= 0.6 is 15.9 Å². The van der Waals surface area contributed by atoms with E-state index in [2.05, 4.69) is 20.9 Å². The Bertz CT molecular complexity index is 301.